The molecule has 0 heterocycles. The molecule has 0 unspecified atom stereocenters. The van der Waals surface area contributed by atoms with Crippen LogP contribution in [-0.2, 0) is 4.79 Å². The van der Waals surface area contributed by atoms with Gasteiger partial charge in [-0.1, -0.05) is 47.5 Å². The van der Waals surface area contributed by atoms with Gasteiger partial charge in [0.1, 0.15) is 18.3 Å². The smallest absolute Gasteiger partial charge is 0.193 e. The van der Waals surface area contributed by atoms with Crippen LogP contribution in [0, 0.1) is 13.8 Å². The molecule has 0 amide bonds. The summed E-state index contributed by atoms with van der Waals surface area (Å²) in [6.45, 7) is 6.04. The molecule has 0 aliphatic heterocycles. The minimum atomic E-state index is 0.0203. The number of benzene rings is 3. The van der Waals surface area contributed by atoms with Gasteiger partial charge in [-0.15, -0.1) is 0 Å². The Balaban J connectivity index is 0.00000109. The third kappa shape index (κ3) is 4.88. The van der Waals surface area contributed by atoms with Crippen LogP contribution < -0.4 is 4.74 Å². The number of ketones is 1. The lowest BCUT2D eigenvalue weighted by Gasteiger charge is -2.07. The second-order valence-electron chi connectivity index (χ2n) is 5.63. The van der Waals surface area contributed by atoms with Gasteiger partial charge in [-0.3, -0.25) is 4.79 Å². The minimum absolute atomic E-state index is 0.0203. The summed E-state index contributed by atoms with van der Waals surface area (Å²) in [7, 11) is 0. The van der Waals surface area contributed by atoms with Crippen LogP contribution in [0.4, 0.5) is 0 Å². The highest BCUT2D eigenvalue weighted by Gasteiger charge is 2.09. The zero-order valence-corrected chi connectivity index (χ0v) is 14.4. The Bertz CT molecular complexity index is 817. The van der Waals surface area contributed by atoms with Crippen LogP contribution in [-0.4, -0.2) is 12.6 Å². The summed E-state index contributed by atoms with van der Waals surface area (Å²) >= 11 is 0. The minimum Gasteiger partial charge on any atom is -0.457 e. The topological polar surface area (TPSA) is 43.4 Å². The van der Waals surface area contributed by atoms with Crippen LogP contribution >= 0.6 is 0 Å². The maximum Gasteiger partial charge on any atom is 0.193 e. The molecule has 0 N–H and O–H groups in total. The van der Waals surface area contributed by atoms with E-state index in [0.717, 1.165) is 11.3 Å². The molecule has 0 aliphatic carbocycles. The van der Waals surface area contributed by atoms with E-state index in [4.69, 9.17) is 9.53 Å². The number of ether oxygens (including phenoxy) is 1. The maximum atomic E-state index is 12.4. The summed E-state index contributed by atoms with van der Waals surface area (Å²) in [6.07, 6.45) is 0. The van der Waals surface area contributed by atoms with E-state index in [1.807, 2.05) is 81.3 Å². The summed E-state index contributed by atoms with van der Waals surface area (Å²) in [5.41, 5.74) is 3.69. The molecule has 25 heavy (non-hydrogen) atoms. The molecule has 0 radical (unpaired) electrons. The first-order valence-corrected chi connectivity index (χ1v) is 7.87. The van der Waals surface area contributed by atoms with E-state index in [1.54, 1.807) is 12.1 Å². The van der Waals surface area contributed by atoms with Gasteiger partial charge in [0, 0.05) is 11.1 Å². The number of hydrogen-bond donors (Lipinski definition) is 0. The number of carbonyl (C=O) groups is 2. The molecule has 126 valence electrons. The van der Waals surface area contributed by atoms with Crippen LogP contribution in [0.2, 0.25) is 0 Å². The normalized spacial score (nSPS) is 9.68. The predicted molar refractivity (Wildman–Crippen MR) is 99.4 cm³/mol. The molecule has 0 saturated heterocycles. The molecule has 0 aliphatic rings. The van der Waals surface area contributed by atoms with Gasteiger partial charge in [0.15, 0.2) is 5.78 Å². The molecule has 0 spiro atoms. The monoisotopic (exact) mass is 332 g/mol. The standard InChI is InChI=1S/C21H18O2.CH2O/c1-15-3-7-17(8-4-15)21(22)18-9-13-20(14-10-18)23-19-11-5-16(2)6-12-19;1-2/h3-14H,1-2H3;1H2. The first kappa shape index (κ1) is 18.1. The lowest BCUT2D eigenvalue weighted by molar-refractivity contribution is -0.0980. The first-order chi connectivity index (χ1) is 12.1. The van der Waals surface area contributed by atoms with Crippen molar-refractivity contribution in [2.24, 2.45) is 0 Å². The van der Waals surface area contributed by atoms with Crippen LogP contribution in [0.1, 0.15) is 27.0 Å². The third-order valence-corrected chi connectivity index (χ3v) is 3.69. The second-order valence-corrected chi connectivity index (χ2v) is 5.63. The molecule has 0 aromatic heterocycles. The molecule has 3 aromatic rings. The Hall–Kier alpha value is -3.20. The molecular formula is C22H20O3. The Morgan fingerprint density at radius 2 is 0.960 bits per heavy atom. The zero-order chi connectivity index (χ0) is 18.2. The number of rotatable bonds is 4. The largest absolute Gasteiger partial charge is 0.457 e. The lowest BCUT2D eigenvalue weighted by Crippen LogP contribution is -2.00. The van der Waals surface area contributed by atoms with E-state index < -0.39 is 0 Å². The quantitative estimate of drug-likeness (QED) is 0.621. The van der Waals surface area contributed by atoms with Crippen molar-refractivity contribution in [1.29, 1.82) is 0 Å². The van der Waals surface area contributed by atoms with Gasteiger partial charge in [0.25, 0.3) is 0 Å². The van der Waals surface area contributed by atoms with Crippen molar-refractivity contribution < 1.29 is 14.3 Å². The van der Waals surface area contributed by atoms with Crippen LogP contribution in [0.25, 0.3) is 0 Å². The van der Waals surface area contributed by atoms with Gasteiger partial charge in [0.05, 0.1) is 0 Å². The fourth-order valence-corrected chi connectivity index (χ4v) is 2.29. The van der Waals surface area contributed by atoms with Crippen LogP contribution in [0.15, 0.2) is 72.8 Å². The Morgan fingerprint density at radius 3 is 1.40 bits per heavy atom. The molecule has 0 saturated carbocycles. The highest BCUT2D eigenvalue weighted by atomic mass is 16.5. The zero-order valence-electron chi connectivity index (χ0n) is 14.4. The van der Waals surface area contributed by atoms with Gasteiger partial charge < -0.3 is 9.53 Å². The van der Waals surface area contributed by atoms with Crippen molar-refractivity contribution in [1.82, 2.24) is 0 Å². The van der Waals surface area contributed by atoms with E-state index in [1.165, 1.54) is 5.56 Å². The summed E-state index contributed by atoms with van der Waals surface area (Å²) in [5, 5.41) is 0. The summed E-state index contributed by atoms with van der Waals surface area (Å²) in [5.74, 6) is 1.52. The van der Waals surface area contributed by atoms with Crippen LogP contribution in [0.3, 0.4) is 0 Å². The molecule has 0 atom stereocenters. The highest BCUT2D eigenvalue weighted by molar-refractivity contribution is 6.09. The first-order valence-electron chi connectivity index (χ1n) is 7.87. The Labute approximate surface area is 147 Å². The molecule has 0 fully saturated rings. The van der Waals surface area contributed by atoms with E-state index in [0.29, 0.717) is 16.9 Å². The fourth-order valence-electron chi connectivity index (χ4n) is 2.29. The molecule has 3 nitrogen and oxygen atoms in total. The average Bonchev–Trinajstić information content (AvgIpc) is 2.66. The van der Waals surface area contributed by atoms with Gasteiger partial charge in [0.2, 0.25) is 0 Å². The number of carbonyl (C=O) groups excluding carboxylic acids is 2. The van der Waals surface area contributed by atoms with E-state index in [9.17, 15) is 4.79 Å². The molecule has 3 aromatic carbocycles. The molecular weight excluding hydrogens is 312 g/mol. The SMILES string of the molecule is C=O.Cc1ccc(Oc2ccc(C(=O)c3ccc(C)cc3)cc2)cc1. The summed E-state index contributed by atoms with van der Waals surface area (Å²) < 4.78 is 5.78. The number of aryl methyl sites for hydroxylation is 2. The molecule has 0 bridgehead atoms. The maximum absolute atomic E-state index is 12.4. The van der Waals surface area contributed by atoms with Crippen molar-refractivity contribution in [3.05, 3.63) is 95.1 Å². The fraction of sp³-hybridized carbons (Fsp3) is 0.0909. The van der Waals surface area contributed by atoms with E-state index in [-0.39, 0.29) is 5.78 Å². The second kappa shape index (κ2) is 8.60. The van der Waals surface area contributed by atoms with Gasteiger partial charge in [-0.25, -0.2) is 0 Å². The van der Waals surface area contributed by atoms with Crippen molar-refractivity contribution in [2.75, 3.05) is 0 Å². The summed E-state index contributed by atoms with van der Waals surface area (Å²) in [6, 6.07) is 22.7. The number of hydrogen-bond acceptors (Lipinski definition) is 3. The Morgan fingerprint density at radius 1 is 0.640 bits per heavy atom. The molecule has 3 heteroatoms. The van der Waals surface area contributed by atoms with Crippen molar-refractivity contribution in [2.45, 2.75) is 13.8 Å². The van der Waals surface area contributed by atoms with Gasteiger partial charge >= 0.3 is 0 Å². The van der Waals surface area contributed by atoms with Crippen molar-refractivity contribution in [3.63, 3.8) is 0 Å². The van der Waals surface area contributed by atoms with Crippen molar-refractivity contribution >= 4 is 12.6 Å². The lowest BCUT2D eigenvalue weighted by atomic mass is 10.0. The Kier molecular flexibility index (Phi) is 6.24. The average molecular weight is 332 g/mol. The summed E-state index contributed by atoms with van der Waals surface area (Å²) in [4.78, 5) is 20.4. The highest BCUT2D eigenvalue weighted by Crippen LogP contribution is 2.22. The predicted octanol–water partition coefficient (Wildman–Crippen LogP) is 5.14. The van der Waals surface area contributed by atoms with E-state index in [2.05, 4.69) is 0 Å². The molecule has 3 rings (SSSR count). The van der Waals surface area contributed by atoms with E-state index >= 15 is 0 Å². The van der Waals surface area contributed by atoms with Gasteiger partial charge in [-0.05, 0) is 50.2 Å². The van der Waals surface area contributed by atoms with Crippen molar-refractivity contribution in [3.8, 4) is 11.5 Å². The van der Waals surface area contributed by atoms with Gasteiger partial charge in [-0.2, -0.15) is 0 Å². The van der Waals surface area contributed by atoms with Crippen LogP contribution in [0.5, 0.6) is 11.5 Å². The third-order valence-electron chi connectivity index (χ3n) is 3.69.